The number of benzene rings is 2. The number of ether oxygens (including phenoxy) is 2. The Morgan fingerprint density at radius 1 is 1.08 bits per heavy atom. The number of methoxy groups -OCH3 is 1. The highest BCUT2D eigenvalue weighted by molar-refractivity contribution is 9.10. The minimum absolute atomic E-state index is 0.0850. The Morgan fingerprint density at radius 3 is 2.25 bits per heavy atom. The van der Waals surface area contributed by atoms with Crippen LogP contribution in [0.4, 0.5) is 0 Å². The van der Waals surface area contributed by atoms with Crippen LogP contribution in [0, 0.1) is 0 Å². The second kappa shape index (κ2) is 8.35. The number of hydrogen-bond acceptors (Lipinski definition) is 5. The Morgan fingerprint density at radius 2 is 1.67 bits per heavy atom. The number of halogens is 1. The first-order valence-electron chi connectivity index (χ1n) is 7.10. The summed E-state index contributed by atoms with van der Waals surface area (Å²) in [6.45, 7) is 1.57. The number of rotatable bonds is 6. The van der Waals surface area contributed by atoms with E-state index in [1.165, 1.54) is 0 Å². The average Bonchev–Trinajstić information content (AvgIpc) is 2.61. The maximum Gasteiger partial charge on any atom is 0.374 e. The Balaban J connectivity index is 1.93. The summed E-state index contributed by atoms with van der Waals surface area (Å²) in [4.78, 5) is 16.7. The summed E-state index contributed by atoms with van der Waals surface area (Å²) >= 11 is 3.33. The molecule has 0 aliphatic heterocycles. The minimum Gasteiger partial charge on any atom is -0.497 e. The highest BCUT2D eigenvalue weighted by Crippen LogP contribution is 2.17. The summed E-state index contributed by atoms with van der Waals surface area (Å²) in [5.74, 6) is 0.686. The van der Waals surface area contributed by atoms with Crippen LogP contribution >= 0.6 is 15.9 Å². The molecule has 0 saturated heterocycles. The largest absolute Gasteiger partial charge is 0.497 e. The number of amidine groups is 1. The SMILES string of the molecule is COc1ccc(C(N)=NOC(=O)C(C)Oc2ccc(Br)cc2)cc1. The molecule has 0 saturated carbocycles. The van der Waals surface area contributed by atoms with Gasteiger partial charge >= 0.3 is 5.97 Å². The van der Waals surface area contributed by atoms with Crippen LogP contribution in [0.3, 0.4) is 0 Å². The number of hydrogen-bond donors (Lipinski definition) is 1. The van der Waals surface area contributed by atoms with Crippen molar-refractivity contribution in [2.75, 3.05) is 7.11 Å². The van der Waals surface area contributed by atoms with E-state index in [0.717, 1.165) is 4.47 Å². The summed E-state index contributed by atoms with van der Waals surface area (Å²) in [6.07, 6.45) is -0.821. The zero-order valence-corrected chi connectivity index (χ0v) is 14.8. The summed E-state index contributed by atoms with van der Waals surface area (Å²) in [5, 5.41) is 3.64. The fourth-order valence-electron chi connectivity index (χ4n) is 1.75. The van der Waals surface area contributed by atoms with Crippen LogP contribution in [0.15, 0.2) is 58.2 Å². The molecular weight excluding hydrogens is 376 g/mol. The van der Waals surface area contributed by atoms with Crippen molar-refractivity contribution in [3.63, 3.8) is 0 Å². The van der Waals surface area contributed by atoms with Crippen LogP contribution in [0.5, 0.6) is 11.5 Å². The first-order valence-corrected chi connectivity index (χ1v) is 7.90. The molecule has 0 aliphatic carbocycles. The van der Waals surface area contributed by atoms with Gasteiger partial charge in [0.15, 0.2) is 11.9 Å². The third kappa shape index (κ3) is 4.99. The van der Waals surface area contributed by atoms with Gasteiger partial charge in [-0.15, -0.1) is 0 Å². The highest BCUT2D eigenvalue weighted by atomic mass is 79.9. The first kappa shape index (κ1) is 17.8. The quantitative estimate of drug-likeness (QED) is 0.353. The third-order valence-corrected chi connectivity index (χ3v) is 3.61. The van der Waals surface area contributed by atoms with E-state index in [0.29, 0.717) is 17.1 Å². The summed E-state index contributed by atoms with van der Waals surface area (Å²) in [7, 11) is 1.57. The molecule has 126 valence electrons. The molecule has 0 aliphatic rings. The van der Waals surface area contributed by atoms with E-state index < -0.39 is 12.1 Å². The van der Waals surface area contributed by atoms with Crippen LogP contribution in [-0.2, 0) is 9.63 Å². The van der Waals surface area contributed by atoms with Gasteiger partial charge in [0.25, 0.3) is 0 Å². The van der Waals surface area contributed by atoms with E-state index in [4.69, 9.17) is 20.0 Å². The van der Waals surface area contributed by atoms with Crippen LogP contribution in [-0.4, -0.2) is 25.0 Å². The molecule has 0 amide bonds. The molecule has 2 aromatic rings. The number of nitrogens with two attached hydrogens (primary N) is 1. The molecule has 0 spiro atoms. The molecule has 2 aromatic carbocycles. The van der Waals surface area contributed by atoms with Crippen LogP contribution in [0.1, 0.15) is 12.5 Å². The van der Waals surface area contributed by atoms with E-state index in [9.17, 15) is 4.79 Å². The maximum atomic E-state index is 11.9. The van der Waals surface area contributed by atoms with Crippen molar-refractivity contribution in [3.05, 3.63) is 58.6 Å². The monoisotopic (exact) mass is 392 g/mol. The van der Waals surface area contributed by atoms with Gasteiger partial charge in [-0.25, -0.2) is 4.79 Å². The Kier molecular flexibility index (Phi) is 6.20. The Hall–Kier alpha value is -2.54. The van der Waals surface area contributed by atoms with Crippen LogP contribution in [0.25, 0.3) is 0 Å². The lowest BCUT2D eigenvalue weighted by Crippen LogP contribution is -2.26. The van der Waals surface area contributed by atoms with E-state index in [2.05, 4.69) is 21.1 Å². The standard InChI is InChI=1S/C17H17BrN2O4/c1-11(23-15-9-5-13(18)6-10-15)17(21)24-20-16(19)12-3-7-14(22-2)8-4-12/h3-11H,1-2H3,(H2,19,20). The third-order valence-electron chi connectivity index (χ3n) is 3.08. The lowest BCUT2D eigenvalue weighted by Gasteiger charge is -2.11. The number of oxime groups is 1. The second-order valence-electron chi connectivity index (χ2n) is 4.83. The second-order valence-corrected chi connectivity index (χ2v) is 5.75. The van der Waals surface area contributed by atoms with Gasteiger partial charge in [0.1, 0.15) is 11.5 Å². The van der Waals surface area contributed by atoms with Gasteiger partial charge in [0, 0.05) is 10.0 Å². The predicted molar refractivity (Wildman–Crippen MR) is 94.0 cm³/mol. The molecule has 2 rings (SSSR count). The summed E-state index contributed by atoms with van der Waals surface area (Å²) in [5.41, 5.74) is 6.41. The Bertz CT molecular complexity index is 714. The van der Waals surface area contributed by atoms with Gasteiger partial charge in [-0.3, -0.25) is 0 Å². The Labute approximate surface area is 148 Å². The normalized spacial score (nSPS) is 12.4. The van der Waals surface area contributed by atoms with Gasteiger partial charge in [0.05, 0.1) is 7.11 Å². The van der Waals surface area contributed by atoms with E-state index in [1.807, 2.05) is 12.1 Å². The number of carbonyl (C=O) groups is 1. The van der Waals surface area contributed by atoms with Crippen molar-refractivity contribution < 1.29 is 19.1 Å². The van der Waals surface area contributed by atoms with Crippen molar-refractivity contribution >= 4 is 27.7 Å². The van der Waals surface area contributed by atoms with E-state index in [-0.39, 0.29) is 5.84 Å². The molecule has 0 fully saturated rings. The van der Waals surface area contributed by atoms with Crippen molar-refractivity contribution in [3.8, 4) is 11.5 Å². The van der Waals surface area contributed by atoms with Crippen LogP contribution < -0.4 is 15.2 Å². The van der Waals surface area contributed by atoms with Crippen LogP contribution in [0.2, 0.25) is 0 Å². The molecule has 0 bridgehead atoms. The zero-order valence-electron chi connectivity index (χ0n) is 13.2. The number of carbonyl (C=O) groups excluding carboxylic acids is 1. The van der Waals surface area contributed by atoms with Crippen molar-refractivity contribution in [2.24, 2.45) is 10.9 Å². The fraction of sp³-hybridized carbons (Fsp3) is 0.176. The lowest BCUT2D eigenvalue weighted by molar-refractivity contribution is -0.151. The first-order chi connectivity index (χ1) is 11.5. The van der Waals surface area contributed by atoms with E-state index in [1.54, 1.807) is 50.4 Å². The predicted octanol–water partition coefficient (Wildman–Crippen LogP) is 3.09. The topological polar surface area (TPSA) is 83.1 Å². The molecule has 6 nitrogen and oxygen atoms in total. The molecule has 0 radical (unpaired) electrons. The van der Waals surface area contributed by atoms with Gasteiger partial charge < -0.3 is 20.0 Å². The number of nitrogens with zero attached hydrogens (tertiary/aromatic N) is 1. The molecule has 0 heterocycles. The molecule has 0 aromatic heterocycles. The summed E-state index contributed by atoms with van der Waals surface area (Å²) < 4.78 is 11.5. The highest BCUT2D eigenvalue weighted by Gasteiger charge is 2.17. The lowest BCUT2D eigenvalue weighted by atomic mass is 10.2. The molecule has 1 atom stereocenters. The molecular formula is C17H17BrN2O4. The maximum absolute atomic E-state index is 11.9. The fourth-order valence-corrected chi connectivity index (χ4v) is 2.01. The van der Waals surface area contributed by atoms with Crippen molar-refractivity contribution in [1.29, 1.82) is 0 Å². The zero-order chi connectivity index (χ0) is 17.5. The molecule has 24 heavy (non-hydrogen) atoms. The van der Waals surface area contributed by atoms with Gasteiger partial charge in [-0.1, -0.05) is 21.1 Å². The smallest absolute Gasteiger partial charge is 0.374 e. The van der Waals surface area contributed by atoms with E-state index >= 15 is 0 Å². The molecule has 7 heteroatoms. The summed E-state index contributed by atoms with van der Waals surface area (Å²) in [6, 6.07) is 14.0. The van der Waals surface area contributed by atoms with Crippen molar-refractivity contribution in [1.82, 2.24) is 0 Å². The van der Waals surface area contributed by atoms with Gasteiger partial charge in [-0.2, -0.15) is 0 Å². The average molecular weight is 393 g/mol. The van der Waals surface area contributed by atoms with Gasteiger partial charge in [-0.05, 0) is 55.5 Å². The minimum atomic E-state index is -0.821. The van der Waals surface area contributed by atoms with Gasteiger partial charge in [0.2, 0.25) is 0 Å². The van der Waals surface area contributed by atoms with Crippen molar-refractivity contribution in [2.45, 2.75) is 13.0 Å². The molecule has 1 unspecified atom stereocenters. The molecule has 2 N–H and O–H groups in total.